The van der Waals surface area contributed by atoms with Crippen LogP contribution >= 0.6 is 11.6 Å². The Hall–Kier alpha value is -2.73. The van der Waals surface area contributed by atoms with E-state index in [-0.39, 0.29) is 24.3 Å². The fourth-order valence-electron chi connectivity index (χ4n) is 3.62. The van der Waals surface area contributed by atoms with Gasteiger partial charge >= 0.3 is 0 Å². The van der Waals surface area contributed by atoms with E-state index >= 15 is 0 Å². The summed E-state index contributed by atoms with van der Waals surface area (Å²) in [5.74, 6) is 1.31. The van der Waals surface area contributed by atoms with Gasteiger partial charge in [0.15, 0.2) is 11.5 Å². The second-order valence-corrected chi connectivity index (χ2v) is 7.83. The van der Waals surface area contributed by atoms with Gasteiger partial charge in [0, 0.05) is 24.2 Å². The van der Waals surface area contributed by atoms with Crippen molar-refractivity contribution in [1.82, 2.24) is 10.2 Å². The number of ether oxygens (including phenoxy) is 2. The lowest BCUT2D eigenvalue weighted by Gasteiger charge is -2.32. The molecule has 0 saturated carbocycles. The molecule has 7 heteroatoms. The second-order valence-electron chi connectivity index (χ2n) is 7.39. The Balaban J connectivity index is 1.45. The average molecular weight is 431 g/mol. The first kappa shape index (κ1) is 22.0. The number of nitrogens with zero attached hydrogens (tertiary/aromatic N) is 1. The Morgan fingerprint density at radius 1 is 0.967 bits per heavy atom. The molecule has 0 bridgehead atoms. The van der Waals surface area contributed by atoms with Gasteiger partial charge in [0.1, 0.15) is 0 Å². The third kappa shape index (κ3) is 5.89. The lowest BCUT2D eigenvalue weighted by molar-refractivity contribution is -0.131. The molecule has 0 radical (unpaired) electrons. The topological polar surface area (TPSA) is 67.9 Å². The Morgan fingerprint density at radius 2 is 1.60 bits per heavy atom. The van der Waals surface area contributed by atoms with Gasteiger partial charge in [-0.1, -0.05) is 29.8 Å². The minimum Gasteiger partial charge on any atom is -0.493 e. The number of methoxy groups -OCH3 is 2. The molecule has 0 unspecified atom stereocenters. The number of amides is 2. The predicted octanol–water partition coefficient (Wildman–Crippen LogP) is 3.25. The number of benzene rings is 2. The molecule has 1 aliphatic rings. The van der Waals surface area contributed by atoms with Crippen LogP contribution in [0.15, 0.2) is 42.5 Å². The highest BCUT2D eigenvalue weighted by molar-refractivity contribution is 6.30. The van der Waals surface area contributed by atoms with Gasteiger partial charge in [-0.25, -0.2) is 0 Å². The Morgan fingerprint density at radius 3 is 2.23 bits per heavy atom. The van der Waals surface area contributed by atoms with Gasteiger partial charge in [0.05, 0.1) is 27.1 Å². The van der Waals surface area contributed by atoms with Gasteiger partial charge in [0.25, 0.3) is 0 Å². The molecular weight excluding hydrogens is 404 g/mol. The lowest BCUT2D eigenvalue weighted by Crippen LogP contribution is -2.47. The first-order valence-corrected chi connectivity index (χ1v) is 10.4. The van der Waals surface area contributed by atoms with Crippen LogP contribution in [0.1, 0.15) is 24.0 Å². The molecule has 6 nitrogen and oxygen atoms in total. The van der Waals surface area contributed by atoms with Crippen molar-refractivity contribution in [3.05, 3.63) is 58.6 Å². The van der Waals surface area contributed by atoms with Crippen LogP contribution < -0.4 is 14.8 Å². The summed E-state index contributed by atoms with van der Waals surface area (Å²) in [5.41, 5.74) is 1.82. The van der Waals surface area contributed by atoms with Gasteiger partial charge in [-0.3, -0.25) is 9.59 Å². The summed E-state index contributed by atoms with van der Waals surface area (Å²) in [6.07, 6.45) is 2.15. The molecule has 2 aromatic rings. The van der Waals surface area contributed by atoms with Crippen molar-refractivity contribution in [2.24, 2.45) is 0 Å². The quantitative estimate of drug-likeness (QED) is 0.732. The van der Waals surface area contributed by atoms with E-state index in [9.17, 15) is 9.59 Å². The molecule has 1 aliphatic heterocycles. The number of halogens is 1. The molecule has 160 valence electrons. The first-order chi connectivity index (χ1) is 14.5. The van der Waals surface area contributed by atoms with Gasteiger partial charge in [0.2, 0.25) is 11.8 Å². The molecule has 0 aromatic heterocycles. The van der Waals surface area contributed by atoms with Crippen LogP contribution in [0.3, 0.4) is 0 Å². The molecule has 1 fully saturated rings. The van der Waals surface area contributed by atoms with Crippen molar-refractivity contribution in [3.63, 3.8) is 0 Å². The normalized spacial score (nSPS) is 14.3. The molecule has 1 N–H and O–H groups in total. The fraction of sp³-hybridized carbons (Fsp3) is 0.391. The van der Waals surface area contributed by atoms with E-state index in [1.807, 2.05) is 29.2 Å². The molecule has 3 rings (SSSR count). The van der Waals surface area contributed by atoms with Crippen molar-refractivity contribution < 1.29 is 19.1 Å². The number of hydrogen-bond donors (Lipinski definition) is 1. The summed E-state index contributed by atoms with van der Waals surface area (Å²) >= 11 is 5.89. The van der Waals surface area contributed by atoms with E-state index < -0.39 is 0 Å². The van der Waals surface area contributed by atoms with Crippen molar-refractivity contribution in [2.75, 3.05) is 27.3 Å². The van der Waals surface area contributed by atoms with Crippen LogP contribution in [-0.2, 0) is 22.4 Å². The Labute approximate surface area is 182 Å². The van der Waals surface area contributed by atoms with Crippen LogP contribution in [0.5, 0.6) is 11.5 Å². The number of rotatable bonds is 7. The number of hydrogen-bond acceptors (Lipinski definition) is 4. The van der Waals surface area contributed by atoms with E-state index in [1.54, 1.807) is 32.4 Å². The summed E-state index contributed by atoms with van der Waals surface area (Å²) in [5, 5.41) is 3.75. The molecule has 1 saturated heterocycles. The highest BCUT2D eigenvalue weighted by Gasteiger charge is 2.24. The third-order valence-electron chi connectivity index (χ3n) is 5.29. The van der Waals surface area contributed by atoms with Crippen molar-refractivity contribution in [2.45, 2.75) is 31.7 Å². The molecule has 1 heterocycles. The van der Waals surface area contributed by atoms with E-state index in [4.69, 9.17) is 21.1 Å². The van der Waals surface area contributed by atoms with E-state index in [0.29, 0.717) is 36.0 Å². The largest absolute Gasteiger partial charge is 0.493 e. The summed E-state index contributed by atoms with van der Waals surface area (Å²) in [4.78, 5) is 26.8. The summed E-state index contributed by atoms with van der Waals surface area (Å²) in [7, 11) is 3.15. The third-order valence-corrected chi connectivity index (χ3v) is 5.55. The molecule has 2 aromatic carbocycles. The lowest BCUT2D eigenvalue weighted by atomic mass is 10.0. The zero-order valence-electron chi connectivity index (χ0n) is 17.3. The van der Waals surface area contributed by atoms with Crippen LogP contribution in [-0.4, -0.2) is 50.1 Å². The fourth-order valence-corrected chi connectivity index (χ4v) is 3.74. The summed E-state index contributed by atoms with van der Waals surface area (Å²) in [6, 6.07) is 12.9. The van der Waals surface area contributed by atoms with Gasteiger partial charge in [-0.05, 0) is 48.2 Å². The summed E-state index contributed by atoms with van der Waals surface area (Å²) < 4.78 is 10.5. The van der Waals surface area contributed by atoms with Crippen LogP contribution in [0.4, 0.5) is 0 Å². The molecule has 30 heavy (non-hydrogen) atoms. The van der Waals surface area contributed by atoms with Crippen LogP contribution in [0.25, 0.3) is 0 Å². The second kappa shape index (κ2) is 10.3. The molecule has 0 spiro atoms. The number of piperidine rings is 1. The van der Waals surface area contributed by atoms with E-state index in [2.05, 4.69) is 5.32 Å². The number of nitrogens with one attached hydrogen (secondary N) is 1. The number of likely N-dealkylation sites (tertiary alicyclic amines) is 1. The summed E-state index contributed by atoms with van der Waals surface area (Å²) in [6.45, 7) is 1.29. The maximum atomic E-state index is 12.5. The Kier molecular flexibility index (Phi) is 7.57. The van der Waals surface area contributed by atoms with Crippen molar-refractivity contribution >= 4 is 23.4 Å². The van der Waals surface area contributed by atoms with E-state index in [0.717, 1.165) is 24.0 Å². The number of carbonyl (C=O) groups is 2. The minimum absolute atomic E-state index is 0.0341. The highest BCUT2D eigenvalue weighted by atomic mass is 35.5. The van der Waals surface area contributed by atoms with Crippen molar-refractivity contribution in [1.29, 1.82) is 0 Å². The molecule has 0 atom stereocenters. The Bertz CT molecular complexity index is 877. The standard InChI is InChI=1S/C23H27ClN2O4/c1-29-20-8-5-17(13-21(20)30-2)14-22(27)25-19-9-11-26(12-10-19)23(28)15-16-3-6-18(24)7-4-16/h3-8,13,19H,9-12,14-15H2,1-2H3,(H,25,27). The zero-order chi connectivity index (χ0) is 21.5. The highest BCUT2D eigenvalue weighted by Crippen LogP contribution is 2.27. The van der Waals surface area contributed by atoms with Gasteiger partial charge in [-0.2, -0.15) is 0 Å². The van der Waals surface area contributed by atoms with E-state index in [1.165, 1.54) is 0 Å². The maximum Gasteiger partial charge on any atom is 0.226 e. The first-order valence-electron chi connectivity index (χ1n) is 10.0. The zero-order valence-corrected chi connectivity index (χ0v) is 18.1. The van der Waals surface area contributed by atoms with Crippen LogP contribution in [0.2, 0.25) is 5.02 Å². The van der Waals surface area contributed by atoms with Crippen LogP contribution in [0, 0.1) is 0 Å². The maximum absolute atomic E-state index is 12.5. The molecule has 2 amide bonds. The predicted molar refractivity (Wildman–Crippen MR) is 116 cm³/mol. The smallest absolute Gasteiger partial charge is 0.226 e. The number of carbonyl (C=O) groups excluding carboxylic acids is 2. The van der Waals surface area contributed by atoms with Gasteiger partial charge < -0.3 is 19.7 Å². The minimum atomic E-state index is -0.0341. The molecular formula is C23H27ClN2O4. The van der Waals surface area contributed by atoms with Crippen molar-refractivity contribution in [3.8, 4) is 11.5 Å². The average Bonchev–Trinajstić information content (AvgIpc) is 2.75. The SMILES string of the molecule is COc1ccc(CC(=O)NC2CCN(C(=O)Cc3ccc(Cl)cc3)CC2)cc1OC. The molecule has 0 aliphatic carbocycles. The monoisotopic (exact) mass is 430 g/mol. The van der Waals surface area contributed by atoms with Gasteiger partial charge in [-0.15, -0.1) is 0 Å².